The second-order valence-electron chi connectivity index (χ2n) is 6.19. The van der Waals surface area contributed by atoms with Gasteiger partial charge in [-0.15, -0.1) is 0 Å². The largest absolute Gasteiger partial charge is 0.351 e. The van der Waals surface area contributed by atoms with Gasteiger partial charge in [-0.25, -0.2) is 0 Å². The molecule has 0 aliphatic rings. The van der Waals surface area contributed by atoms with Gasteiger partial charge in [-0.05, 0) is 45.3 Å². The zero-order valence-electron chi connectivity index (χ0n) is 15.0. The van der Waals surface area contributed by atoms with Crippen molar-refractivity contribution in [1.29, 1.82) is 0 Å². The van der Waals surface area contributed by atoms with Crippen LogP contribution in [-0.4, -0.2) is 53.0 Å². The van der Waals surface area contributed by atoms with E-state index in [2.05, 4.69) is 15.5 Å². The van der Waals surface area contributed by atoms with Crippen LogP contribution in [0.4, 0.5) is 5.69 Å². The molecule has 0 aliphatic carbocycles. The molecular formula is C17H24ClN5O2. The van der Waals surface area contributed by atoms with Gasteiger partial charge < -0.3 is 24.7 Å². The van der Waals surface area contributed by atoms with Crippen molar-refractivity contribution in [3.63, 3.8) is 0 Å². The summed E-state index contributed by atoms with van der Waals surface area (Å²) in [6, 6.07) is 4.97. The van der Waals surface area contributed by atoms with Crippen molar-refractivity contribution in [3.8, 4) is 0 Å². The molecule has 2 aromatic heterocycles. The fraction of sp³-hybridized carbons (Fsp3) is 0.412. The molecule has 0 radical (unpaired) electrons. The van der Waals surface area contributed by atoms with Crippen LogP contribution in [0.25, 0.3) is 0 Å². The lowest BCUT2D eigenvalue weighted by atomic mass is 10.3. The summed E-state index contributed by atoms with van der Waals surface area (Å²) in [5.41, 5.74) is 1.50. The van der Waals surface area contributed by atoms with Crippen LogP contribution in [0.1, 0.15) is 27.4 Å². The van der Waals surface area contributed by atoms with Crippen molar-refractivity contribution in [3.05, 3.63) is 40.9 Å². The molecular weight excluding hydrogens is 342 g/mol. The number of amides is 2. The van der Waals surface area contributed by atoms with Gasteiger partial charge in [0.1, 0.15) is 16.5 Å². The predicted octanol–water partition coefficient (Wildman–Crippen LogP) is 1.95. The fourth-order valence-corrected chi connectivity index (χ4v) is 2.61. The molecule has 0 unspecified atom stereocenters. The average molecular weight is 366 g/mol. The van der Waals surface area contributed by atoms with Gasteiger partial charge >= 0.3 is 0 Å². The lowest BCUT2D eigenvalue weighted by Crippen LogP contribution is -2.28. The molecule has 2 amide bonds. The quantitative estimate of drug-likeness (QED) is 0.737. The zero-order chi connectivity index (χ0) is 18.6. The first-order valence-corrected chi connectivity index (χ1v) is 8.39. The Hall–Kier alpha value is -2.25. The highest BCUT2D eigenvalue weighted by atomic mass is 35.5. The van der Waals surface area contributed by atoms with Crippen molar-refractivity contribution in [2.45, 2.75) is 6.42 Å². The number of carbonyl (C=O) groups excluding carboxylic acids is 2. The van der Waals surface area contributed by atoms with E-state index in [-0.39, 0.29) is 11.8 Å². The van der Waals surface area contributed by atoms with E-state index < -0.39 is 0 Å². The van der Waals surface area contributed by atoms with Gasteiger partial charge in [0.15, 0.2) is 0 Å². The minimum Gasteiger partial charge on any atom is -0.351 e. The number of nitrogens with one attached hydrogen (secondary N) is 2. The van der Waals surface area contributed by atoms with Crippen LogP contribution in [0.15, 0.2) is 24.4 Å². The molecule has 136 valence electrons. The predicted molar refractivity (Wildman–Crippen MR) is 99.3 cm³/mol. The van der Waals surface area contributed by atoms with Crippen molar-refractivity contribution in [2.24, 2.45) is 14.1 Å². The lowest BCUT2D eigenvalue weighted by Gasteiger charge is -2.10. The Balaban J connectivity index is 1.98. The third-order valence-corrected chi connectivity index (χ3v) is 4.24. The van der Waals surface area contributed by atoms with Gasteiger partial charge in [-0.2, -0.15) is 0 Å². The molecule has 0 bridgehead atoms. The van der Waals surface area contributed by atoms with E-state index in [0.29, 0.717) is 28.8 Å². The normalized spacial score (nSPS) is 11.0. The summed E-state index contributed by atoms with van der Waals surface area (Å²) in [6.07, 6.45) is 2.58. The van der Waals surface area contributed by atoms with Crippen LogP contribution >= 0.6 is 11.6 Å². The van der Waals surface area contributed by atoms with Crippen molar-refractivity contribution >= 4 is 29.1 Å². The Labute approximate surface area is 152 Å². The molecule has 2 rings (SSSR count). The molecule has 0 atom stereocenters. The number of hydrogen-bond acceptors (Lipinski definition) is 3. The summed E-state index contributed by atoms with van der Waals surface area (Å²) in [7, 11) is 7.47. The second kappa shape index (κ2) is 8.22. The van der Waals surface area contributed by atoms with Crippen molar-refractivity contribution < 1.29 is 9.59 Å². The minimum atomic E-state index is -0.280. The summed E-state index contributed by atoms with van der Waals surface area (Å²) in [5.74, 6) is -0.443. The maximum absolute atomic E-state index is 12.3. The number of nitrogens with zero attached hydrogens (tertiary/aromatic N) is 3. The lowest BCUT2D eigenvalue weighted by molar-refractivity contribution is 0.0943. The molecule has 0 fully saturated rings. The number of carbonyl (C=O) groups is 2. The number of rotatable bonds is 7. The standard InChI is InChI=1S/C17H24ClN5O2/c1-21(2)9-5-8-19-16(24)14-10-12(11-22(14)3)20-17(25)13-6-7-15(18)23(13)4/h6-7,10-11H,5,8-9H2,1-4H3,(H,19,24)(H,20,25). The summed E-state index contributed by atoms with van der Waals surface area (Å²) >= 11 is 5.95. The monoisotopic (exact) mass is 365 g/mol. The number of aryl methyl sites for hydroxylation is 1. The Morgan fingerprint density at radius 3 is 2.48 bits per heavy atom. The van der Waals surface area contributed by atoms with Gasteiger partial charge in [0.25, 0.3) is 11.8 Å². The van der Waals surface area contributed by atoms with Gasteiger partial charge in [-0.3, -0.25) is 9.59 Å². The number of anilines is 1. The highest BCUT2D eigenvalue weighted by Crippen LogP contribution is 2.17. The molecule has 0 aliphatic heterocycles. The molecule has 2 aromatic rings. The second-order valence-corrected chi connectivity index (χ2v) is 6.58. The van der Waals surface area contributed by atoms with Crippen LogP contribution in [0.2, 0.25) is 5.15 Å². The SMILES string of the molecule is CN(C)CCCNC(=O)c1cc(NC(=O)c2ccc(Cl)n2C)cn1C. The molecule has 8 heteroatoms. The molecule has 0 spiro atoms. The molecule has 0 aromatic carbocycles. The summed E-state index contributed by atoms with van der Waals surface area (Å²) in [4.78, 5) is 26.6. The third-order valence-electron chi connectivity index (χ3n) is 3.86. The van der Waals surface area contributed by atoms with E-state index in [4.69, 9.17) is 11.6 Å². The van der Waals surface area contributed by atoms with E-state index in [9.17, 15) is 9.59 Å². The van der Waals surface area contributed by atoms with E-state index >= 15 is 0 Å². The molecule has 2 N–H and O–H groups in total. The number of aromatic nitrogens is 2. The first kappa shape index (κ1) is 19.1. The van der Waals surface area contributed by atoms with Gasteiger partial charge in [0.05, 0.1) is 5.69 Å². The smallest absolute Gasteiger partial charge is 0.272 e. The average Bonchev–Trinajstić information content (AvgIpc) is 3.06. The summed E-state index contributed by atoms with van der Waals surface area (Å²) < 4.78 is 3.28. The van der Waals surface area contributed by atoms with Gasteiger partial charge in [0, 0.05) is 26.8 Å². The zero-order valence-corrected chi connectivity index (χ0v) is 15.7. The topological polar surface area (TPSA) is 71.3 Å². The fourth-order valence-electron chi connectivity index (χ4n) is 2.46. The van der Waals surface area contributed by atoms with Gasteiger partial charge in [0.2, 0.25) is 0 Å². The minimum absolute atomic E-state index is 0.163. The molecule has 0 saturated carbocycles. The van der Waals surface area contributed by atoms with Crippen molar-refractivity contribution in [1.82, 2.24) is 19.4 Å². The number of halogens is 1. The molecule has 2 heterocycles. The Morgan fingerprint density at radius 2 is 1.88 bits per heavy atom. The van der Waals surface area contributed by atoms with E-state index in [1.165, 1.54) is 0 Å². The maximum Gasteiger partial charge on any atom is 0.272 e. The molecule has 25 heavy (non-hydrogen) atoms. The molecule has 7 nitrogen and oxygen atoms in total. The van der Waals surface area contributed by atoms with E-state index in [1.807, 2.05) is 14.1 Å². The van der Waals surface area contributed by atoms with Crippen molar-refractivity contribution in [2.75, 3.05) is 32.5 Å². The Morgan fingerprint density at radius 1 is 1.16 bits per heavy atom. The van der Waals surface area contributed by atoms with Crippen LogP contribution in [0.5, 0.6) is 0 Å². The summed E-state index contributed by atoms with van der Waals surface area (Å²) in [6.45, 7) is 1.51. The first-order valence-electron chi connectivity index (χ1n) is 8.01. The highest BCUT2D eigenvalue weighted by molar-refractivity contribution is 6.30. The highest BCUT2D eigenvalue weighted by Gasteiger charge is 2.15. The van der Waals surface area contributed by atoms with Crippen LogP contribution < -0.4 is 10.6 Å². The third kappa shape index (κ3) is 4.87. The molecule has 0 saturated heterocycles. The Kier molecular flexibility index (Phi) is 6.27. The number of hydrogen-bond donors (Lipinski definition) is 2. The van der Waals surface area contributed by atoms with Crippen LogP contribution in [0.3, 0.4) is 0 Å². The van der Waals surface area contributed by atoms with Crippen LogP contribution in [-0.2, 0) is 14.1 Å². The van der Waals surface area contributed by atoms with E-state index in [0.717, 1.165) is 13.0 Å². The Bertz CT molecular complexity index is 763. The summed E-state index contributed by atoms with van der Waals surface area (Å²) in [5, 5.41) is 6.15. The van der Waals surface area contributed by atoms with Crippen LogP contribution in [0, 0.1) is 0 Å². The maximum atomic E-state index is 12.3. The first-order chi connectivity index (χ1) is 11.8. The van der Waals surface area contributed by atoms with Gasteiger partial charge in [-0.1, -0.05) is 11.6 Å². The van der Waals surface area contributed by atoms with E-state index in [1.54, 1.807) is 47.6 Å².